The lowest BCUT2D eigenvalue weighted by Gasteiger charge is -2.49. The Kier molecular flexibility index (Phi) is 8.38. The monoisotopic (exact) mass is 647 g/mol. The van der Waals surface area contributed by atoms with E-state index in [1.165, 1.54) is 40.2 Å². The van der Waals surface area contributed by atoms with Crippen LogP contribution in [0, 0.1) is 0 Å². The first-order valence-electron chi connectivity index (χ1n) is 13.1. The zero-order chi connectivity index (χ0) is 29.4. The Morgan fingerprint density at radius 1 is 1.31 bits per heavy atom. The lowest BCUT2D eigenvalue weighted by atomic mass is 10.0. The van der Waals surface area contributed by atoms with Crippen LogP contribution in [0.1, 0.15) is 31.4 Å². The number of thiazole rings is 1. The van der Waals surface area contributed by atoms with E-state index >= 15 is 0 Å². The van der Waals surface area contributed by atoms with Crippen molar-refractivity contribution in [2.75, 3.05) is 17.2 Å². The van der Waals surface area contributed by atoms with E-state index in [1.807, 2.05) is 12.2 Å². The number of ether oxygens (including phenoxy) is 1. The number of esters is 1. The van der Waals surface area contributed by atoms with Gasteiger partial charge in [0.1, 0.15) is 33.8 Å². The highest BCUT2D eigenvalue weighted by molar-refractivity contribution is 8.05. The lowest BCUT2D eigenvalue weighted by Crippen LogP contribution is -2.71. The van der Waals surface area contributed by atoms with Crippen molar-refractivity contribution in [2.24, 2.45) is 5.16 Å². The van der Waals surface area contributed by atoms with Crippen LogP contribution in [0.4, 0.5) is 5.13 Å². The number of nitrogens with two attached hydrogens (primary N) is 1. The molecular weight excluding hydrogens is 623 g/mol. The van der Waals surface area contributed by atoms with Crippen molar-refractivity contribution in [3.63, 3.8) is 0 Å². The first-order valence-corrected chi connectivity index (χ1v) is 16.9. The van der Waals surface area contributed by atoms with E-state index in [4.69, 9.17) is 15.3 Å². The zero-order valence-electron chi connectivity index (χ0n) is 21.9. The number of carbonyl (C=O) groups is 4. The summed E-state index contributed by atoms with van der Waals surface area (Å²) in [6.45, 7) is 0. The first kappa shape index (κ1) is 28.9. The van der Waals surface area contributed by atoms with Crippen molar-refractivity contribution in [1.82, 2.24) is 15.2 Å². The topological polar surface area (TPSA) is 174 Å². The van der Waals surface area contributed by atoms with Gasteiger partial charge in [0, 0.05) is 22.5 Å². The SMILES string of the molecule is Nc1nc(C(=NOC2CCCC2)C(=O)NC2C(=O)N3C(C(=O)O)=C(C=CSC4OC(=O)C5=C4C=CCS5)CS[C@@H]23)cs1. The van der Waals surface area contributed by atoms with Gasteiger partial charge in [0.15, 0.2) is 16.3 Å². The van der Waals surface area contributed by atoms with E-state index in [1.54, 1.807) is 16.9 Å². The van der Waals surface area contributed by atoms with Crippen LogP contribution < -0.4 is 11.1 Å². The largest absolute Gasteiger partial charge is 0.477 e. The van der Waals surface area contributed by atoms with Gasteiger partial charge in [-0.05, 0) is 42.7 Å². The van der Waals surface area contributed by atoms with Crippen molar-refractivity contribution < 1.29 is 33.9 Å². The molecule has 2 fully saturated rings. The normalized spacial score (nSPS) is 26.0. The fourth-order valence-corrected chi connectivity index (χ4v) is 8.72. The molecule has 1 aliphatic carbocycles. The van der Waals surface area contributed by atoms with E-state index in [0.29, 0.717) is 22.0 Å². The molecule has 5 aliphatic rings. The number of cyclic esters (lactones) is 1. The summed E-state index contributed by atoms with van der Waals surface area (Å²) >= 11 is 5.16. The third kappa shape index (κ3) is 5.59. The number of β-lactam (4-membered cyclic amide) rings is 1. The molecule has 1 saturated carbocycles. The molecule has 0 radical (unpaired) electrons. The van der Waals surface area contributed by atoms with Crippen molar-refractivity contribution >= 4 is 81.2 Å². The first-order chi connectivity index (χ1) is 20.3. The summed E-state index contributed by atoms with van der Waals surface area (Å²) < 4.78 is 5.44. The number of thioether (sulfide) groups is 3. The highest BCUT2D eigenvalue weighted by Gasteiger charge is 2.54. The average Bonchev–Trinajstić information content (AvgIpc) is 3.73. The molecule has 0 bridgehead atoms. The van der Waals surface area contributed by atoms with E-state index < -0.39 is 34.6 Å². The molecule has 4 aliphatic heterocycles. The summed E-state index contributed by atoms with van der Waals surface area (Å²) in [7, 11) is 0. The molecule has 1 aromatic rings. The zero-order valence-corrected chi connectivity index (χ0v) is 25.2. The van der Waals surface area contributed by atoms with Crippen molar-refractivity contribution in [3.05, 3.63) is 56.5 Å². The van der Waals surface area contributed by atoms with Gasteiger partial charge in [-0.15, -0.1) is 34.9 Å². The Balaban J connectivity index is 1.15. The van der Waals surface area contributed by atoms with Crippen molar-refractivity contribution in [3.8, 4) is 0 Å². The molecule has 1 aromatic heterocycles. The number of fused-ring (bicyclic) bond motifs is 1. The Bertz CT molecular complexity index is 1490. The predicted octanol–water partition coefficient (Wildman–Crippen LogP) is 2.81. The number of hydrogen-bond acceptors (Lipinski definition) is 13. The maximum Gasteiger partial charge on any atom is 0.352 e. The third-order valence-corrected chi connectivity index (χ3v) is 11.0. The molecule has 2 unspecified atom stereocenters. The second-order valence-electron chi connectivity index (χ2n) is 9.74. The Morgan fingerprint density at radius 3 is 2.86 bits per heavy atom. The summed E-state index contributed by atoms with van der Waals surface area (Å²) in [6, 6.07) is -0.955. The molecule has 2 amide bonds. The molecule has 3 atom stereocenters. The van der Waals surface area contributed by atoms with E-state index in [2.05, 4.69) is 15.5 Å². The average molecular weight is 648 g/mol. The van der Waals surface area contributed by atoms with Gasteiger partial charge < -0.3 is 25.7 Å². The molecule has 5 heterocycles. The van der Waals surface area contributed by atoms with E-state index in [9.17, 15) is 24.3 Å². The van der Waals surface area contributed by atoms with Crippen LogP contribution in [0.2, 0.25) is 0 Å². The van der Waals surface area contributed by atoms with Gasteiger partial charge in [-0.3, -0.25) is 14.5 Å². The van der Waals surface area contributed by atoms with E-state index in [-0.39, 0.29) is 34.3 Å². The Morgan fingerprint density at radius 2 is 2.12 bits per heavy atom. The van der Waals surface area contributed by atoms with Crippen LogP contribution in [0.15, 0.2) is 55.9 Å². The highest BCUT2D eigenvalue weighted by Crippen LogP contribution is 2.42. The van der Waals surface area contributed by atoms with Gasteiger partial charge in [-0.2, -0.15) is 0 Å². The minimum atomic E-state index is -1.25. The van der Waals surface area contributed by atoms with E-state index in [0.717, 1.165) is 42.6 Å². The molecule has 0 aromatic carbocycles. The fraction of sp³-hybridized carbons (Fsp3) is 0.385. The summed E-state index contributed by atoms with van der Waals surface area (Å²) in [5, 5.41) is 19.7. The highest BCUT2D eigenvalue weighted by atomic mass is 32.2. The van der Waals surface area contributed by atoms with Gasteiger partial charge in [0.25, 0.3) is 11.8 Å². The second-order valence-corrected chi connectivity index (χ2v) is 13.7. The smallest absolute Gasteiger partial charge is 0.352 e. The van der Waals surface area contributed by atoms with Gasteiger partial charge in [0.2, 0.25) is 0 Å². The second kappa shape index (κ2) is 12.2. The third-order valence-electron chi connectivity index (χ3n) is 7.07. The number of hydrogen-bond donors (Lipinski definition) is 3. The van der Waals surface area contributed by atoms with Crippen LogP contribution in [-0.2, 0) is 28.8 Å². The quantitative estimate of drug-likeness (QED) is 0.155. The number of oxime groups is 1. The maximum absolute atomic E-state index is 13.3. The molecule has 16 heteroatoms. The van der Waals surface area contributed by atoms with Crippen molar-refractivity contribution in [1.29, 1.82) is 0 Å². The number of carbonyl (C=O) groups excluding carboxylic acids is 3. The Hall–Kier alpha value is -3.21. The van der Waals surface area contributed by atoms with Crippen LogP contribution in [0.5, 0.6) is 0 Å². The van der Waals surface area contributed by atoms with Crippen LogP contribution in [-0.4, -0.2) is 78.9 Å². The van der Waals surface area contributed by atoms with Gasteiger partial charge in [-0.1, -0.05) is 29.1 Å². The number of rotatable bonds is 9. The number of nitrogens with zero attached hydrogens (tertiary/aromatic N) is 3. The summed E-state index contributed by atoms with van der Waals surface area (Å²) in [4.78, 5) is 62.4. The van der Waals surface area contributed by atoms with Crippen LogP contribution >= 0.6 is 46.6 Å². The number of allylic oxidation sites excluding steroid dienone is 1. The predicted molar refractivity (Wildman–Crippen MR) is 161 cm³/mol. The lowest BCUT2D eigenvalue weighted by molar-refractivity contribution is -0.150. The van der Waals surface area contributed by atoms with Gasteiger partial charge in [0.05, 0.1) is 0 Å². The van der Waals surface area contributed by atoms with Crippen molar-refractivity contribution in [2.45, 2.75) is 48.6 Å². The summed E-state index contributed by atoms with van der Waals surface area (Å²) in [5.74, 6) is -1.81. The number of carboxylic acids is 1. The number of amides is 2. The maximum atomic E-state index is 13.3. The molecule has 0 spiro atoms. The number of anilines is 1. The summed E-state index contributed by atoms with van der Waals surface area (Å²) in [6.07, 6.45) is 9.09. The van der Waals surface area contributed by atoms with Gasteiger partial charge >= 0.3 is 11.9 Å². The number of aliphatic carboxylic acids is 1. The Labute approximate surface area is 256 Å². The molecule has 6 rings (SSSR count). The summed E-state index contributed by atoms with van der Waals surface area (Å²) in [5.41, 5.74) is 6.49. The molecule has 220 valence electrons. The minimum absolute atomic E-state index is 0.0892. The molecular formula is C26H25N5O7S4. The van der Waals surface area contributed by atoms with Crippen LogP contribution in [0.25, 0.3) is 0 Å². The molecule has 12 nitrogen and oxygen atoms in total. The minimum Gasteiger partial charge on any atom is -0.477 e. The fourth-order valence-electron chi connectivity index (χ4n) is 5.04. The number of carboxylic acid groups (broad SMARTS) is 1. The number of nitrogen functional groups attached to an aromatic ring is 1. The number of aromatic nitrogens is 1. The van der Waals surface area contributed by atoms with Gasteiger partial charge in [-0.25, -0.2) is 14.6 Å². The molecule has 42 heavy (non-hydrogen) atoms. The molecule has 4 N–H and O–H groups in total. The number of nitrogens with one attached hydrogen (secondary N) is 1. The standard InChI is InChI=1S/C26H25N5O7S4/c27-26-28-15(11-42-26)16(30-38-13-4-1-2-5-13)20(32)29-17-21(33)31-18(23(34)35)12(10-41-22(17)31)7-9-40-25-14-6-3-8-39-19(14)24(36)37-25/h3,6-7,9,11,13,17,22,25H,1-2,4-5,8,10H2,(H2,27,28)(H,29,32)(H,34,35)/t17?,22-,25?/m0/s1. The van der Waals surface area contributed by atoms with Crippen LogP contribution in [0.3, 0.4) is 0 Å². The molecule has 1 saturated heterocycles.